The average Bonchev–Trinajstić information content (AvgIpc) is 2.61. The number of benzene rings is 2. The highest BCUT2D eigenvalue weighted by molar-refractivity contribution is 8.15. The number of methoxy groups -OCH3 is 1. The van der Waals surface area contributed by atoms with Crippen molar-refractivity contribution in [1.29, 1.82) is 0 Å². The SMILES string of the molecule is COC(=O)NC1=Nc2ccccc2N(C(=O)Oc2ccccc2)S1. The third-order valence-electron chi connectivity index (χ3n) is 3.01. The van der Waals surface area contributed by atoms with E-state index in [-0.39, 0.29) is 5.17 Å². The molecule has 0 atom stereocenters. The van der Waals surface area contributed by atoms with Crippen LogP contribution in [0.5, 0.6) is 5.75 Å². The van der Waals surface area contributed by atoms with Gasteiger partial charge in [-0.2, -0.15) is 0 Å². The van der Waals surface area contributed by atoms with Crippen molar-refractivity contribution in [3.05, 3.63) is 54.6 Å². The second-order valence-corrected chi connectivity index (χ2v) is 5.52. The Morgan fingerprint density at radius 3 is 2.54 bits per heavy atom. The van der Waals surface area contributed by atoms with Crippen LogP contribution in [0.4, 0.5) is 21.0 Å². The first kappa shape index (κ1) is 15.9. The molecule has 1 N–H and O–H groups in total. The van der Waals surface area contributed by atoms with E-state index >= 15 is 0 Å². The Labute approximate surface area is 142 Å². The number of nitrogens with zero attached hydrogens (tertiary/aromatic N) is 2. The number of fused-ring (bicyclic) bond motifs is 1. The van der Waals surface area contributed by atoms with Gasteiger partial charge in [-0.3, -0.25) is 5.32 Å². The highest BCUT2D eigenvalue weighted by atomic mass is 32.2. The van der Waals surface area contributed by atoms with Gasteiger partial charge in [-0.1, -0.05) is 30.3 Å². The van der Waals surface area contributed by atoms with Crippen LogP contribution in [0.15, 0.2) is 59.6 Å². The number of aliphatic imine (C=N–C) groups is 1. The van der Waals surface area contributed by atoms with E-state index in [1.807, 2.05) is 6.07 Å². The number of rotatable bonds is 1. The van der Waals surface area contributed by atoms with Crippen molar-refractivity contribution in [1.82, 2.24) is 5.32 Å². The number of alkyl carbamates (subject to hydrolysis) is 1. The number of amidine groups is 1. The van der Waals surface area contributed by atoms with Crippen molar-refractivity contribution in [2.24, 2.45) is 4.99 Å². The zero-order chi connectivity index (χ0) is 16.9. The average molecular weight is 343 g/mol. The molecule has 0 saturated heterocycles. The minimum absolute atomic E-state index is 0.213. The summed E-state index contributed by atoms with van der Waals surface area (Å²) in [5.74, 6) is 0.422. The van der Waals surface area contributed by atoms with Crippen LogP contribution < -0.4 is 14.4 Å². The standard InChI is InChI=1S/C16H13N3O4S/c1-22-15(20)18-14-17-12-9-5-6-10-13(12)19(24-14)16(21)23-11-7-3-2-4-8-11/h2-10H,1H3,(H,17,18,20). The summed E-state index contributed by atoms with van der Waals surface area (Å²) in [7, 11) is 1.25. The fourth-order valence-electron chi connectivity index (χ4n) is 1.95. The van der Waals surface area contributed by atoms with Gasteiger partial charge >= 0.3 is 12.2 Å². The van der Waals surface area contributed by atoms with E-state index in [0.717, 1.165) is 11.9 Å². The Balaban J connectivity index is 1.86. The van der Waals surface area contributed by atoms with Crippen molar-refractivity contribution in [3.63, 3.8) is 0 Å². The van der Waals surface area contributed by atoms with Crippen LogP contribution in [0.25, 0.3) is 0 Å². The van der Waals surface area contributed by atoms with E-state index in [1.54, 1.807) is 48.5 Å². The van der Waals surface area contributed by atoms with Gasteiger partial charge in [0.1, 0.15) is 5.75 Å². The summed E-state index contributed by atoms with van der Waals surface area (Å²) in [5.41, 5.74) is 1.10. The van der Waals surface area contributed by atoms with Crippen molar-refractivity contribution in [2.75, 3.05) is 11.4 Å². The summed E-state index contributed by atoms with van der Waals surface area (Å²) in [4.78, 5) is 28.2. The third-order valence-corrected chi connectivity index (χ3v) is 3.90. The highest BCUT2D eigenvalue weighted by Crippen LogP contribution is 2.38. The maximum absolute atomic E-state index is 12.5. The second-order valence-electron chi connectivity index (χ2n) is 4.59. The van der Waals surface area contributed by atoms with Crippen LogP contribution in [0, 0.1) is 0 Å². The Hall–Kier alpha value is -3.00. The number of ether oxygens (including phenoxy) is 2. The fraction of sp³-hybridized carbons (Fsp3) is 0.0625. The molecule has 2 amide bonds. The number of carbonyl (C=O) groups excluding carboxylic acids is 2. The maximum Gasteiger partial charge on any atom is 0.430 e. The lowest BCUT2D eigenvalue weighted by Gasteiger charge is -2.25. The van der Waals surface area contributed by atoms with Gasteiger partial charge in [-0.15, -0.1) is 0 Å². The molecule has 122 valence electrons. The summed E-state index contributed by atoms with van der Waals surface area (Å²) >= 11 is 0.942. The lowest BCUT2D eigenvalue weighted by molar-refractivity contribution is 0.177. The second kappa shape index (κ2) is 7.05. The first-order chi connectivity index (χ1) is 11.7. The van der Waals surface area contributed by atoms with Crippen LogP contribution in [-0.4, -0.2) is 24.5 Å². The molecule has 0 spiro atoms. The number of para-hydroxylation sites is 3. The van der Waals surface area contributed by atoms with Crippen molar-refractivity contribution in [3.8, 4) is 5.75 Å². The van der Waals surface area contributed by atoms with Gasteiger partial charge in [0.2, 0.25) is 0 Å². The monoisotopic (exact) mass is 343 g/mol. The first-order valence-corrected chi connectivity index (χ1v) is 7.72. The molecule has 24 heavy (non-hydrogen) atoms. The molecule has 1 aliphatic heterocycles. The van der Waals surface area contributed by atoms with E-state index in [0.29, 0.717) is 17.1 Å². The number of nitrogens with one attached hydrogen (secondary N) is 1. The molecule has 2 aromatic rings. The Kier molecular flexibility index (Phi) is 4.66. The minimum Gasteiger partial charge on any atom is -0.453 e. The first-order valence-electron chi connectivity index (χ1n) is 6.95. The molecule has 0 aliphatic carbocycles. The molecule has 8 heteroatoms. The van der Waals surface area contributed by atoms with Gasteiger partial charge < -0.3 is 9.47 Å². The third kappa shape index (κ3) is 3.49. The number of carbonyl (C=O) groups is 2. The van der Waals surface area contributed by atoms with Gasteiger partial charge in [0.25, 0.3) is 0 Å². The molecular weight excluding hydrogens is 330 g/mol. The van der Waals surface area contributed by atoms with Gasteiger partial charge in [-0.05, 0) is 24.3 Å². The quantitative estimate of drug-likeness (QED) is 0.799. The summed E-state index contributed by atoms with van der Waals surface area (Å²) < 4.78 is 11.2. The molecule has 0 unspecified atom stereocenters. The molecule has 0 aromatic heterocycles. The van der Waals surface area contributed by atoms with E-state index in [4.69, 9.17) is 4.74 Å². The van der Waals surface area contributed by atoms with Gasteiger partial charge in [0.15, 0.2) is 5.17 Å². The van der Waals surface area contributed by atoms with Crippen molar-refractivity contribution < 1.29 is 19.1 Å². The van der Waals surface area contributed by atoms with Crippen molar-refractivity contribution >= 4 is 40.7 Å². The Bertz CT molecular complexity index is 795. The summed E-state index contributed by atoms with van der Waals surface area (Å²) in [6.45, 7) is 0. The number of anilines is 1. The normalized spacial score (nSPS) is 12.7. The van der Waals surface area contributed by atoms with Crippen LogP contribution in [0.3, 0.4) is 0 Å². The van der Waals surface area contributed by atoms with Crippen molar-refractivity contribution in [2.45, 2.75) is 0 Å². The molecule has 1 aliphatic rings. The molecule has 0 bridgehead atoms. The molecule has 7 nitrogen and oxygen atoms in total. The largest absolute Gasteiger partial charge is 0.453 e. The molecule has 0 radical (unpaired) electrons. The summed E-state index contributed by atoms with van der Waals surface area (Å²) in [6, 6.07) is 15.8. The van der Waals surface area contributed by atoms with Gasteiger partial charge in [0, 0.05) is 11.9 Å². The van der Waals surface area contributed by atoms with Gasteiger partial charge in [-0.25, -0.2) is 18.9 Å². The Morgan fingerprint density at radius 2 is 1.79 bits per heavy atom. The zero-order valence-corrected chi connectivity index (χ0v) is 13.4. The van der Waals surface area contributed by atoms with Crippen LogP contribution >= 0.6 is 11.9 Å². The molecule has 2 aromatic carbocycles. The topological polar surface area (TPSA) is 80.2 Å². The fourth-order valence-corrected chi connectivity index (χ4v) is 2.76. The lowest BCUT2D eigenvalue weighted by atomic mass is 10.2. The van der Waals surface area contributed by atoms with E-state index in [1.165, 1.54) is 11.4 Å². The van der Waals surface area contributed by atoms with Crippen LogP contribution in [0.1, 0.15) is 0 Å². The molecule has 0 fully saturated rings. The van der Waals surface area contributed by atoms with Crippen LogP contribution in [0.2, 0.25) is 0 Å². The number of amides is 2. The summed E-state index contributed by atoms with van der Waals surface area (Å²) in [6.07, 6.45) is -1.27. The van der Waals surface area contributed by atoms with E-state index < -0.39 is 12.2 Å². The summed E-state index contributed by atoms with van der Waals surface area (Å²) in [5, 5.41) is 2.67. The van der Waals surface area contributed by atoms with Crippen LogP contribution in [-0.2, 0) is 4.74 Å². The zero-order valence-electron chi connectivity index (χ0n) is 12.6. The predicted octanol–water partition coefficient (Wildman–Crippen LogP) is 3.70. The molecule has 1 heterocycles. The smallest absolute Gasteiger partial charge is 0.430 e. The van der Waals surface area contributed by atoms with E-state index in [2.05, 4.69) is 15.0 Å². The maximum atomic E-state index is 12.5. The molecule has 0 saturated carbocycles. The number of hydrogen-bond donors (Lipinski definition) is 1. The van der Waals surface area contributed by atoms with E-state index in [9.17, 15) is 9.59 Å². The minimum atomic E-state index is -0.669. The predicted molar refractivity (Wildman–Crippen MR) is 91.6 cm³/mol. The molecule has 3 rings (SSSR count). The number of hydrogen-bond acceptors (Lipinski definition) is 6. The Morgan fingerprint density at radius 1 is 1.08 bits per heavy atom. The van der Waals surface area contributed by atoms with Gasteiger partial charge in [0.05, 0.1) is 18.5 Å². The molecular formula is C16H13N3O4S. The lowest BCUT2D eigenvalue weighted by Crippen LogP contribution is -2.36. The highest BCUT2D eigenvalue weighted by Gasteiger charge is 2.28.